The summed E-state index contributed by atoms with van der Waals surface area (Å²) in [5.74, 6) is -1.76. The summed E-state index contributed by atoms with van der Waals surface area (Å²) in [5, 5.41) is 87.2. The number of allylic oxidation sites excluding steroid dienone is 7. The number of carbonyl (C=O) groups is 3. The van der Waals surface area contributed by atoms with E-state index >= 15 is 0 Å². The quantitative estimate of drug-likeness (QED) is 0.0380. The number of aliphatic hydroxyl groups is 8. The lowest BCUT2D eigenvalue weighted by Gasteiger charge is -2.48. The van der Waals surface area contributed by atoms with Crippen LogP contribution in [0.4, 0.5) is 0 Å². The minimum Gasteiger partial charge on any atom is -0.463 e. The first kappa shape index (κ1) is 56.1. The molecule has 380 valence electrons. The molecular formula is C47H72O20. The molecule has 0 spiro atoms. The Labute approximate surface area is 391 Å². The largest absolute Gasteiger partial charge is 0.463 e. The molecule has 0 saturated carbocycles. The Bertz CT molecular complexity index is 1750. The second kappa shape index (κ2) is 27.7. The van der Waals surface area contributed by atoms with Crippen LogP contribution < -0.4 is 0 Å². The predicted octanol–water partition coefficient (Wildman–Crippen LogP) is 0.982. The van der Waals surface area contributed by atoms with Crippen molar-refractivity contribution in [1.29, 1.82) is 0 Å². The number of rotatable bonds is 24. The predicted molar refractivity (Wildman–Crippen MR) is 235 cm³/mol. The minimum atomic E-state index is -1.97. The van der Waals surface area contributed by atoms with Crippen LogP contribution in [0.5, 0.6) is 0 Å². The average molecular weight is 957 g/mol. The summed E-state index contributed by atoms with van der Waals surface area (Å²) >= 11 is 0. The fourth-order valence-electron chi connectivity index (χ4n) is 7.79. The molecule has 0 aromatic rings. The van der Waals surface area contributed by atoms with Crippen molar-refractivity contribution in [3.05, 3.63) is 58.2 Å². The highest BCUT2D eigenvalue weighted by molar-refractivity contribution is 5.85. The van der Waals surface area contributed by atoms with Gasteiger partial charge >= 0.3 is 17.9 Å². The van der Waals surface area contributed by atoms with Crippen molar-refractivity contribution in [3.63, 3.8) is 0 Å². The molecule has 3 fully saturated rings. The Morgan fingerprint density at radius 1 is 0.612 bits per heavy atom. The molecule has 0 aromatic carbocycles. The molecule has 67 heavy (non-hydrogen) atoms. The summed E-state index contributed by atoms with van der Waals surface area (Å²) in [5.41, 5.74) is 5.46. The van der Waals surface area contributed by atoms with Gasteiger partial charge in [-0.05, 0) is 90.2 Å². The molecule has 0 bridgehead atoms. The van der Waals surface area contributed by atoms with Crippen LogP contribution in [0.15, 0.2) is 58.2 Å². The smallest absolute Gasteiger partial charge is 0.331 e. The highest BCUT2D eigenvalue weighted by Gasteiger charge is 2.54. The van der Waals surface area contributed by atoms with Crippen molar-refractivity contribution in [2.75, 3.05) is 33.0 Å². The van der Waals surface area contributed by atoms with Gasteiger partial charge in [-0.2, -0.15) is 0 Å². The van der Waals surface area contributed by atoms with E-state index in [1.165, 1.54) is 11.1 Å². The van der Waals surface area contributed by atoms with E-state index in [2.05, 4.69) is 38.2 Å². The molecular weight excluding hydrogens is 884 g/mol. The Hall–Kier alpha value is -3.45. The third kappa shape index (κ3) is 17.5. The molecule has 4 aliphatic rings. The Morgan fingerprint density at radius 2 is 1.12 bits per heavy atom. The summed E-state index contributed by atoms with van der Waals surface area (Å²) in [4.78, 5) is 34.5. The van der Waals surface area contributed by atoms with Gasteiger partial charge in [0.2, 0.25) is 0 Å². The second-order valence-electron chi connectivity index (χ2n) is 17.7. The van der Waals surface area contributed by atoms with Gasteiger partial charge in [-0.1, -0.05) is 41.0 Å². The number of carbonyl (C=O) groups excluding carboxylic acids is 3. The summed E-state index contributed by atoms with van der Waals surface area (Å²) in [7, 11) is 0. The van der Waals surface area contributed by atoms with Crippen molar-refractivity contribution in [2.24, 2.45) is 0 Å². The van der Waals surface area contributed by atoms with E-state index in [0.717, 1.165) is 62.7 Å². The third-order valence-corrected chi connectivity index (χ3v) is 11.8. The van der Waals surface area contributed by atoms with Crippen LogP contribution in [0.2, 0.25) is 0 Å². The van der Waals surface area contributed by atoms with E-state index in [1.54, 1.807) is 6.08 Å². The van der Waals surface area contributed by atoms with Crippen LogP contribution >= 0.6 is 0 Å². The van der Waals surface area contributed by atoms with Crippen LogP contribution in [-0.4, -0.2) is 184 Å². The zero-order valence-electron chi connectivity index (χ0n) is 39.2. The molecule has 0 radical (unpaired) electrons. The first-order valence-corrected chi connectivity index (χ1v) is 22.8. The van der Waals surface area contributed by atoms with Crippen LogP contribution in [0.25, 0.3) is 0 Å². The number of cyclic esters (lactones) is 1. The molecule has 0 amide bonds. The van der Waals surface area contributed by atoms with Gasteiger partial charge in [0.05, 0.1) is 13.2 Å². The molecule has 20 heteroatoms. The van der Waals surface area contributed by atoms with Crippen molar-refractivity contribution < 1.29 is 97.9 Å². The topological polar surface area (TPSA) is 296 Å². The Balaban J connectivity index is 1.51. The Kier molecular flexibility index (Phi) is 23.2. The highest BCUT2D eigenvalue weighted by atomic mass is 16.8. The van der Waals surface area contributed by atoms with Gasteiger partial charge in [-0.3, -0.25) is 9.59 Å². The number of hydrogen-bond acceptors (Lipinski definition) is 20. The fourth-order valence-corrected chi connectivity index (χ4v) is 7.79. The van der Waals surface area contributed by atoms with E-state index in [0.29, 0.717) is 25.9 Å². The maximum atomic E-state index is 11.7. The lowest BCUT2D eigenvalue weighted by molar-refractivity contribution is -0.393. The van der Waals surface area contributed by atoms with Gasteiger partial charge in [0.1, 0.15) is 93.1 Å². The number of hydrogen-bond donors (Lipinski definition) is 8. The van der Waals surface area contributed by atoms with Crippen molar-refractivity contribution in [1.82, 2.24) is 0 Å². The van der Waals surface area contributed by atoms with Crippen molar-refractivity contribution in [2.45, 2.75) is 185 Å². The van der Waals surface area contributed by atoms with Gasteiger partial charge < -0.3 is 83.5 Å². The molecule has 20 nitrogen and oxygen atoms in total. The normalized spacial score (nSPS) is 34.1. The SMILES string of the molecule is CC(=O)OCC1OC(OC2C(OC3C(OCC(=CCCC(C)=CCCC(C)=CCCC4=CC(=O)OC4)CCC=C(C)C)OC(CO)C(O)C3O)OC(COC(C)=O)C(O)C2O)C(O)C(O)C1O. The van der Waals surface area contributed by atoms with Gasteiger partial charge in [-0.25, -0.2) is 4.79 Å². The van der Waals surface area contributed by atoms with Gasteiger partial charge in [-0.15, -0.1) is 0 Å². The molecule has 4 rings (SSSR count). The molecule has 3 saturated heterocycles. The summed E-state index contributed by atoms with van der Waals surface area (Å²) in [6, 6.07) is 0. The standard InChI is InChI=1S/C47H72O20/c1-25(2)11-7-16-30(17-9-14-26(3)12-8-13-27(4)15-10-18-31-19-35(51)61-22-31)21-62-46-43(40(56)36(52)32(20-48)63-46)67-47-44(41(57)38(54)34(65-47)24-60-29(6)50)66-45-42(58)39(55)37(53)33(64-45)23-59-28(5)49/h11-12,15,17,19,32-34,36-48,52-58H,7-10,13-14,16,18,20-24H2,1-6H3. The molecule has 0 aromatic heterocycles. The summed E-state index contributed by atoms with van der Waals surface area (Å²) < 4.78 is 50.8. The lowest BCUT2D eigenvalue weighted by Crippen LogP contribution is -2.67. The van der Waals surface area contributed by atoms with E-state index in [4.69, 9.17) is 42.6 Å². The molecule has 4 heterocycles. The second-order valence-corrected chi connectivity index (χ2v) is 17.7. The minimum absolute atomic E-state index is 0.0417. The van der Waals surface area contributed by atoms with Crippen LogP contribution in [0.3, 0.4) is 0 Å². The number of ether oxygens (including phenoxy) is 9. The monoisotopic (exact) mass is 956 g/mol. The molecule has 15 unspecified atom stereocenters. The average Bonchev–Trinajstić information content (AvgIpc) is 3.70. The maximum Gasteiger partial charge on any atom is 0.331 e. The molecule has 15 atom stereocenters. The highest BCUT2D eigenvalue weighted by Crippen LogP contribution is 2.34. The van der Waals surface area contributed by atoms with Gasteiger partial charge in [0, 0.05) is 19.9 Å². The van der Waals surface area contributed by atoms with E-state index < -0.39 is 124 Å². The number of esters is 3. The fraction of sp³-hybridized carbons (Fsp3) is 0.723. The van der Waals surface area contributed by atoms with Gasteiger partial charge in [0.25, 0.3) is 0 Å². The zero-order valence-corrected chi connectivity index (χ0v) is 39.2. The Morgan fingerprint density at radius 3 is 1.69 bits per heavy atom. The number of aliphatic hydroxyl groups excluding tert-OH is 8. The maximum absolute atomic E-state index is 11.7. The van der Waals surface area contributed by atoms with Crippen LogP contribution in [0.1, 0.15) is 92.9 Å². The molecule has 8 N–H and O–H groups in total. The molecule has 4 aliphatic heterocycles. The lowest BCUT2D eigenvalue weighted by atomic mass is 9.96. The zero-order chi connectivity index (χ0) is 49.4. The third-order valence-electron chi connectivity index (χ3n) is 11.8. The van der Waals surface area contributed by atoms with Crippen molar-refractivity contribution >= 4 is 17.9 Å². The summed E-state index contributed by atoms with van der Waals surface area (Å²) in [6.07, 6.45) is -9.68. The van der Waals surface area contributed by atoms with Crippen LogP contribution in [-0.2, 0) is 57.0 Å². The van der Waals surface area contributed by atoms with E-state index in [-0.39, 0.29) is 12.6 Å². The first-order chi connectivity index (χ1) is 31.8. The first-order valence-electron chi connectivity index (χ1n) is 22.8. The van der Waals surface area contributed by atoms with Crippen molar-refractivity contribution in [3.8, 4) is 0 Å². The van der Waals surface area contributed by atoms with Crippen LogP contribution in [0, 0.1) is 0 Å². The van der Waals surface area contributed by atoms with E-state index in [1.807, 2.05) is 13.8 Å². The van der Waals surface area contributed by atoms with Gasteiger partial charge in [0.15, 0.2) is 18.9 Å². The molecule has 0 aliphatic carbocycles. The summed E-state index contributed by atoms with van der Waals surface area (Å²) in [6.45, 7) is 8.81. The van der Waals surface area contributed by atoms with E-state index in [9.17, 15) is 55.2 Å².